The van der Waals surface area contributed by atoms with Gasteiger partial charge in [-0.3, -0.25) is 18.6 Å². The van der Waals surface area contributed by atoms with Gasteiger partial charge in [0.25, 0.3) is 0 Å². The predicted octanol–water partition coefficient (Wildman–Crippen LogP) is 4.04. The second-order valence-corrected chi connectivity index (χ2v) is 12.7. The van der Waals surface area contributed by atoms with Gasteiger partial charge in [0.15, 0.2) is 6.10 Å². The lowest BCUT2D eigenvalue weighted by Crippen LogP contribution is -2.64. The van der Waals surface area contributed by atoms with Crippen molar-refractivity contribution >= 4 is 19.8 Å². The van der Waals surface area contributed by atoms with E-state index < -0.39 is 75.7 Å². The van der Waals surface area contributed by atoms with Gasteiger partial charge in [-0.15, -0.1) is 0 Å². The monoisotopic (exact) mass is 714 g/mol. The predicted molar refractivity (Wildman–Crippen MR) is 184 cm³/mol. The van der Waals surface area contributed by atoms with Crippen molar-refractivity contribution in [1.29, 1.82) is 0 Å². The highest BCUT2D eigenvalue weighted by atomic mass is 31.2. The number of esters is 2. The third kappa shape index (κ3) is 19.9. The number of ether oxygens (including phenoxy) is 2. The van der Waals surface area contributed by atoms with Crippen LogP contribution in [0.2, 0.25) is 0 Å². The molecule has 6 atom stereocenters. The van der Waals surface area contributed by atoms with Gasteiger partial charge in [-0.25, -0.2) is 4.57 Å². The Labute approximate surface area is 289 Å². The van der Waals surface area contributed by atoms with Crippen LogP contribution >= 0.6 is 7.82 Å². The minimum atomic E-state index is -5.11. The highest BCUT2D eigenvalue weighted by Gasteiger charge is 2.51. The molecule has 0 heterocycles. The maximum absolute atomic E-state index is 12.5. The van der Waals surface area contributed by atoms with Crippen LogP contribution in [0.4, 0.5) is 0 Å². The van der Waals surface area contributed by atoms with Crippen LogP contribution in [0.1, 0.15) is 78.1 Å². The fourth-order valence-electron chi connectivity index (χ4n) is 4.35. The summed E-state index contributed by atoms with van der Waals surface area (Å²) in [7, 11) is -5.11. The second-order valence-electron chi connectivity index (χ2n) is 11.3. The van der Waals surface area contributed by atoms with Crippen molar-refractivity contribution in [1.82, 2.24) is 0 Å². The van der Waals surface area contributed by atoms with Gasteiger partial charge in [0.2, 0.25) is 0 Å². The lowest BCUT2D eigenvalue weighted by molar-refractivity contribution is -0.220. The Morgan fingerprint density at radius 3 is 1.55 bits per heavy atom. The Morgan fingerprint density at radius 2 is 1.08 bits per heavy atom. The summed E-state index contributed by atoms with van der Waals surface area (Å²) in [6.45, 7) is 2.62. The number of carbonyl (C=O) groups excluding carboxylic acids is 2. The van der Waals surface area contributed by atoms with Crippen molar-refractivity contribution in [3.63, 3.8) is 0 Å². The zero-order valence-electron chi connectivity index (χ0n) is 28.4. The van der Waals surface area contributed by atoms with E-state index >= 15 is 0 Å². The Balaban J connectivity index is 2.47. The number of aliphatic hydroxyl groups is 5. The van der Waals surface area contributed by atoms with Crippen LogP contribution in [0.3, 0.4) is 0 Å². The van der Waals surface area contributed by atoms with E-state index in [2.05, 4.69) is 55.5 Å². The van der Waals surface area contributed by atoms with Gasteiger partial charge in [-0.2, -0.15) is 0 Å². The molecule has 1 saturated carbocycles. The van der Waals surface area contributed by atoms with Crippen LogP contribution in [0.5, 0.6) is 0 Å². The molecule has 1 aliphatic rings. The van der Waals surface area contributed by atoms with Crippen LogP contribution in [0.25, 0.3) is 0 Å². The molecule has 278 valence electrons. The quantitative estimate of drug-likeness (QED) is 0.0475. The fraction of sp³-hybridized carbons (Fsp3) is 0.600. The number of aliphatic hydroxyl groups excluding tert-OH is 5. The highest BCUT2D eigenvalue weighted by Crippen LogP contribution is 2.47. The molecule has 13 nitrogen and oxygen atoms in total. The molecule has 6 N–H and O–H groups in total. The molecular weight excluding hydrogens is 659 g/mol. The lowest BCUT2D eigenvalue weighted by Gasteiger charge is -2.41. The molecule has 6 unspecified atom stereocenters. The molecule has 0 aromatic heterocycles. The summed E-state index contributed by atoms with van der Waals surface area (Å²) >= 11 is 0. The molecule has 1 fully saturated rings. The molecule has 0 aliphatic heterocycles. The van der Waals surface area contributed by atoms with Gasteiger partial charge in [-0.1, -0.05) is 86.8 Å². The molecule has 0 aromatic carbocycles. The highest BCUT2D eigenvalue weighted by molar-refractivity contribution is 7.47. The Kier molecular flexibility index (Phi) is 23.6. The average molecular weight is 715 g/mol. The van der Waals surface area contributed by atoms with Crippen molar-refractivity contribution in [2.24, 2.45) is 0 Å². The number of phosphoric acid groups is 1. The maximum atomic E-state index is 12.5. The van der Waals surface area contributed by atoms with Crippen LogP contribution in [0, 0.1) is 0 Å². The topological polar surface area (TPSA) is 210 Å². The minimum Gasteiger partial charge on any atom is -0.462 e. The van der Waals surface area contributed by atoms with E-state index in [4.69, 9.17) is 18.5 Å². The van der Waals surface area contributed by atoms with Crippen molar-refractivity contribution in [2.75, 3.05) is 13.2 Å². The Hall–Kier alpha value is -2.71. The number of hydrogen-bond donors (Lipinski definition) is 6. The Morgan fingerprint density at radius 1 is 0.633 bits per heavy atom. The van der Waals surface area contributed by atoms with Crippen molar-refractivity contribution in [3.8, 4) is 0 Å². The number of carbonyl (C=O) groups is 2. The molecule has 14 heteroatoms. The van der Waals surface area contributed by atoms with Gasteiger partial charge in [-0.05, 0) is 51.4 Å². The van der Waals surface area contributed by atoms with E-state index in [9.17, 15) is 44.6 Å². The molecule has 0 saturated heterocycles. The van der Waals surface area contributed by atoms with Gasteiger partial charge in [0.1, 0.15) is 43.2 Å². The molecular formula is C35H55O13P. The van der Waals surface area contributed by atoms with Crippen molar-refractivity contribution in [2.45, 2.75) is 121 Å². The fourth-order valence-corrected chi connectivity index (χ4v) is 5.32. The molecule has 1 rings (SSSR count). The van der Waals surface area contributed by atoms with Gasteiger partial charge >= 0.3 is 19.8 Å². The third-order valence-corrected chi connectivity index (χ3v) is 8.03. The van der Waals surface area contributed by atoms with Crippen LogP contribution in [0.15, 0.2) is 72.9 Å². The third-order valence-electron chi connectivity index (χ3n) is 7.05. The molecule has 0 bridgehead atoms. The number of rotatable bonds is 24. The molecule has 49 heavy (non-hydrogen) atoms. The van der Waals surface area contributed by atoms with E-state index in [0.717, 1.165) is 32.1 Å². The van der Waals surface area contributed by atoms with Crippen LogP contribution in [-0.2, 0) is 32.7 Å². The molecule has 1 aliphatic carbocycles. The van der Waals surface area contributed by atoms with E-state index in [-0.39, 0.29) is 12.8 Å². The van der Waals surface area contributed by atoms with E-state index in [1.807, 2.05) is 24.3 Å². The zero-order valence-corrected chi connectivity index (χ0v) is 29.3. The Bertz CT molecular complexity index is 1150. The maximum Gasteiger partial charge on any atom is 0.472 e. The van der Waals surface area contributed by atoms with Crippen LogP contribution < -0.4 is 0 Å². The SMILES string of the molecule is CC/C=C\C/C=C\C/C=C\C/C=C\C/C=C\C/C=C\CCC(=O)OC(COC(=O)CCC)COP(=O)(O)OC1C(O)C(O)C(O)C(O)C1O. The summed E-state index contributed by atoms with van der Waals surface area (Å²) < 4.78 is 32.5. The normalized spacial score (nSPS) is 25.3. The van der Waals surface area contributed by atoms with E-state index in [0.29, 0.717) is 19.3 Å². The minimum absolute atomic E-state index is 0.0343. The molecule has 0 aromatic rings. The molecule has 0 amide bonds. The zero-order chi connectivity index (χ0) is 36.5. The molecule has 0 radical (unpaired) electrons. The summed E-state index contributed by atoms with van der Waals surface area (Å²) in [6, 6.07) is 0. The summed E-state index contributed by atoms with van der Waals surface area (Å²) in [4.78, 5) is 34.4. The van der Waals surface area contributed by atoms with Crippen molar-refractivity contribution < 1.29 is 63.1 Å². The number of phosphoric ester groups is 1. The summed E-state index contributed by atoms with van der Waals surface area (Å²) in [5.74, 6) is -1.27. The first-order chi connectivity index (χ1) is 23.4. The molecule has 0 spiro atoms. The first kappa shape index (κ1) is 44.3. The van der Waals surface area contributed by atoms with Gasteiger partial charge in [0.05, 0.1) is 6.61 Å². The lowest BCUT2D eigenvalue weighted by atomic mass is 9.85. The van der Waals surface area contributed by atoms with Crippen molar-refractivity contribution in [3.05, 3.63) is 72.9 Å². The first-order valence-electron chi connectivity index (χ1n) is 16.7. The van der Waals surface area contributed by atoms with Gasteiger partial charge in [0, 0.05) is 12.8 Å². The van der Waals surface area contributed by atoms with E-state index in [1.54, 1.807) is 6.92 Å². The summed E-state index contributed by atoms with van der Waals surface area (Å²) in [5, 5.41) is 49.4. The summed E-state index contributed by atoms with van der Waals surface area (Å²) in [5.41, 5.74) is 0. The van der Waals surface area contributed by atoms with Crippen LogP contribution in [-0.4, -0.2) is 98.3 Å². The van der Waals surface area contributed by atoms with Gasteiger partial charge < -0.3 is 39.9 Å². The standard InChI is InChI=1S/C35H55O13P/c1-3-5-6-7-8-9-10-11-12-13-14-15-16-17-18-19-20-21-22-24-29(37)47-27(25-45-28(36)23-4-2)26-46-49(43,44)48-35-33(41)31(39)30(38)32(40)34(35)42/h5-6,8-9,11-12,14-15,17-18,20-21,27,30-35,38-42H,3-4,7,10,13,16,19,22-26H2,1-2H3,(H,43,44)/b6-5-,9-8-,12-11-,15-14-,18-17-,21-20-. The smallest absolute Gasteiger partial charge is 0.462 e. The first-order valence-corrected chi connectivity index (χ1v) is 18.2. The largest absolute Gasteiger partial charge is 0.472 e. The average Bonchev–Trinajstić information content (AvgIpc) is 3.07. The van der Waals surface area contributed by atoms with E-state index in [1.165, 1.54) is 0 Å². The summed E-state index contributed by atoms with van der Waals surface area (Å²) in [6.07, 6.45) is 17.8. The number of hydrogen-bond acceptors (Lipinski definition) is 12. The second kappa shape index (κ2) is 26.1. The number of allylic oxidation sites excluding steroid dienone is 12.